The number of primary amides is 1. The highest BCUT2D eigenvalue weighted by Gasteiger charge is 2.28. The van der Waals surface area contributed by atoms with Gasteiger partial charge in [0.1, 0.15) is 5.75 Å². The molecule has 0 bridgehead atoms. The molecule has 0 aromatic heterocycles. The van der Waals surface area contributed by atoms with Crippen molar-refractivity contribution in [1.29, 1.82) is 0 Å². The first-order chi connectivity index (χ1) is 13.4. The molecule has 0 radical (unpaired) electrons. The lowest BCUT2D eigenvalue weighted by atomic mass is 9.96. The van der Waals surface area contributed by atoms with Gasteiger partial charge in [0.05, 0.1) is 17.2 Å². The Morgan fingerprint density at radius 1 is 1.14 bits per heavy atom. The normalized spacial score (nSPS) is 16.7. The van der Waals surface area contributed by atoms with Gasteiger partial charge in [-0.25, -0.2) is 0 Å². The fraction of sp³-hybridized carbons (Fsp3) is 0.300. The molecule has 28 heavy (non-hydrogen) atoms. The average molecular weight is 389 g/mol. The van der Waals surface area contributed by atoms with Gasteiger partial charge in [0.15, 0.2) is 0 Å². The largest absolute Gasteiger partial charge is 0.435 e. The third kappa shape index (κ3) is 4.76. The van der Waals surface area contributed by atoms with E-state index in [9.17, 15) is 18.4 Å². The summed E-state index contributed by atoms with van der Waals surface area (Å²) >= 11 is 0. The summed E-state index contributed by atoms with van der Waals surface area (Å²) in [4.78, 5) is 26.1. The Hall–Kier alpha value is -3.16. The smallest absolute Gasteiger partial charge is 0.387 e. The van der Waals surface area contributed by atoms with Crippen LogP contribution in [0.5, 0.6) is 5.75 Å². The van der Waals surface area contributed by atoms with E-state index in [1.807, 2.05) is 0 Å². The summed E-state index contributed by atoms with van der Waals surface area (Å²) in [6, 6.07) is 13.0. The molecule has 1 saturated heterocycles. The average Bonchev–Trinajstić information content (AvgIpc) is 2.69. The minimum atomic E-state index is -2.88. The molecule has 1 atom stereocenters. The van der Waals surface area contributed by atoms with Crippen LogP contribution < -0.4 is 15.8 Å². The van der Waals surface area contributed by atoms with Crippen LogP contribution in [0.1, 0.15) is 23.2 Å². The maximum absolute atomic E-state index is 13.0. The molecule has 2 aromatic rings. The molecule has 1 fully saturated rings. The number of anilines is 2. The van der Waals surface area contributed by atoms with Crippen molar-refractivity contribution in [2.24, 2.45) is 11.7 Å². The first kappa shape index (κ1) is 19.6. The summed E-state index contributed by atoms with van der Waals surface area (Å²) in [6.45, 7) is -2.01. The molecule has 0 saturated carbocycles. The number of hydrogen-bond donors (Lipinski definition) is 2. The summed E-state index contributed by atoms with van der Waals surface area (Å²) < 4.78 is 28.8. The highest BCUT2D eigenvalue weighted by molar-refractivity contribution is 6.00. The Morgan fingerprint density at radius 3 is 2.54 bits per heavy atom. The van der Waals surface area contributed by atoms with E-state index in [1.54, 1.807) is 41.3 Å². The van der Waals surface area contributed by atoms with E-state index in [-0.39, 0.29) is 17.6 Å². The topological polar surface area (TPSA) is 84.7 Å². The SMILES string of the molecule is NC(=O)C1CCCN(C(=O)c2ccccc2Nc2ccc(OC(F)F)cc2)C1. The third-order valence-corrected chi connectivity index (χ3v) is 4.63. The van der Waals surface area contributed by atoms with Gasteiger partial charge >= 0.3 is 6.61 Å². The van der Waals surface area contributed by atoms with Crippen LogP contribution in [0.3, 0.4) is 0 Å². The first-order valence-corrected chi connectivity index (χ1v) is 8.93. The van der Waals surface area contributed by atoms with Crippen LogP contribution in [-0.4, -0.2) is 36.4 Å². The fourth-order valence-corrected chi connectivity index (χ4v) is 3.22. The number of para-hydroxylation sites is 1. The number of carbonyl (C=O) groups excluding carboxylic acids is 2. The molecule has 6 nitrogen and oxygen atoms in total. The second-order valence-corrected chi connectivity index (χ2v) is 6.57. The first-order valence-electron chi connectivity index (χ1n) is 8.93. The molecule has 8 heteroatoms. The minimum absolute atomic E-state index is 0.0516. The number of nitrogens with one attached hydrogen (secondary N) is 1. The number of hydrogen-bond acceptors (Lipinski definition) is 4. The number of alkyl halides is 2. The van der Waals surface area contributed by atoms with Crippen molar-refractivity contribution in [1.82, 2.24) is 4.90 Å². The molecule has 3 N–H and O–H groups in total. The monoisotopic (exact) mass is 389 g/mol. The Labute approximate surface area is 161 Å². The lowest BCUT2D eigenvalue weighted by Crippen LogP contribution is -2.44. The number of ether oxygens (including phenoxy) is 1. The number of nitrogens with two attached hydrogens (primary N) is 1. The molecular weight excluding hydrogens is 368 g/mol. The standard InChI is InChI=1S/C20H21F2N3O3/c21-20(22)28-15-9-7-14(8-10-15)24-17-6-2-1-5-16(17)19(27)25-11-3-4-13(12-25)18(23)26/h1-2,5-10,13,20,24H,3-4,11-12H2,(H2,23,26). The van der Waals surface area contributed by atoms with Crippen molar-refractivity contribution in [2.75, 3.05) is 18.4 Å². The Balaban J connectivity index is 1.75. The second kappa shape index (κ2) is 8.69. The van der Waals surface area contributed by atoms with Gasteiger partial charge in [-0.2, -0.15) is 8.78 Å². The van der Waals surface area contributed by atoms with E-state index in [0.29, 0.717) is 36.4 Å². The molecule has 2 amide bonds. The van der Waals surface area contributed by atoms with E-state index in [1.165, 1.54) is 12.1 Å². The number of carbonyl (C=O) groups is 2. The molecule has 2 aromatic carbocycles. The van der Waals surface area contributed by atoms with Gasteiger partial charge in [-0.3, -0.25) is 9.59 Å². The molecule has 3 rings (SSSR count). The van der Waals surface area contributed by atoms with Crippen LogP contribution in [0.2, 0.25) is 0 Å². The molecule has 0 spiro atoms. The van der Waals surface area contributed by atoms with E-state index in [2.05, 4.69) is 10.1 Å². The summed E-state index contributed by atoms with van der Waals surface area (Å²) in [6.07, 6.45) is 1.41. The lowest BCUT2D eigenvalue weighted by molar-refractivity contribution is -0.123. The zero-order chi connectivity index (χ0) is 20.1. The van der Waals surface area contributed by atoms with Gasteiger partial charge in [0.2, 0.25) is 5.91 Å². The number of benzene rings is 2. The van der Waals surface area contributed by atoms with Gasteiger partial charge < -0.3 is 20.7 Å². The Kier molecular flexibility index (Phi) is 6.08. The quantitative estimate of drug-likeness (QED) is 0.793. The van der Waals surface area contributed by atoms with Crippen LogP contribution in [0.25, 0.3) is 0 Å². The van der Waals surface area contributed by atoms with Crippen molar-refractivity contribution < 1.29 is 23.1 Å². The Morgan fingerprint density at radius 2 is 1.86 bits per heavy atom. The second-order valence-electron chi connectivity index (χ2n) is 6.57. The van der Waals surface area contributed by atoms with Crippen LogP contribution >= 0.6 is 0 Å². The summed E-state index contributed by atoms with van der Waals surface area (Å²) in [5.74, 6) is -0.863. The highest BCUT2D eigenvalue weighted by atomic mass is 19.3. The molecule has 0 aliphatic carbocycles. The number of piperidine rings is 1. The summed E-state index contributed by atoms with van der Waals surface area (Å²) in [5, 5.41) is 3.12. The summed E-state index contributed by atoms with van der Waals surface area (Å²) in [7, 11) is 0. The number of amides is 2. The molecule has 1 aliphatic rings. The minimum Gasteiger partial charge on any atom is -0.435 e. The van der Waals surface area contributed by atoms with E-state index in [0.717, 1.165) is 6.42 Å². The number of rotatable bonds is 6. The van der Waals surface area contributed by atoms with Crippen molar-refractivity contribution in [3.8, 4) is 5.75 Å². The highest BCUT2D eigenvalue weighted by Crippen LogP contribution is 2.26. The number of likely N-dealkylation sites (tertiary alicyclic amines) is 1. The van der Waals surface area contributed by atoms with Crippen molar-refractivity contribution >= 4 is 23.2 Å². The maximum Gasteiger partial charge on any atom is 0.387 e. The van der Waals surface area contributed by atoms with E-state index < -0.39 is 12.5 Å². The maximum atomic E-state index is 13.0. The van der Waals surface area contributed by atoms with Crippen molar-refractivity contribution in [3.63, 3.8) is 0 Å². The van der Waals surface area contributed by atoms with Crippen LogP contribution in [0, 0.1) is 5.92 Å². The predicted molar refractivity (Wildman–Crippen MR) is 101 cm³/mol. The van der Waals surface area contributed by atoms with Crippen molar-refractivity contribution in [3.05, 3.63) is 54.1 Å². The number of nitrogens with zero attached hydrogens (tertiary/aromatic N) is 1. The van der Waals surface area contributed by atoms with Gasteiger partial charge in [0, 0.05) is 18.8 Å². The fourth-order valence-electron chi connectivity index (χ4n) is 3.22. The van der Waals surface area contributed by atoms with Gasteiger partial charge in [-0.1, -0.05) is 12.1 Å². The van der Waals surface area contributed by atoms with Crippen LogP contribution in [0.4, 0.5) is 20.2 Å². The van der Waals surface area contributed by atoms with E-state index in [4.69, 9.17) is 5.73 Å². The zero-order valence-electron chi connectivity index (χ0n) is 15.1. The van der Waals surface area contributed by atoms with E-state index >= 15 is 0 Å². The Bertz CT molecular complexity index is 843. The lowest BCUT2D eigenvalue weighted by Gasteiger charge is -2.31. The predicted octanol–water partition coefficient (Wildman–Crippen LogP) is 3.37. The summed E-state index contributed by atoms with van der Waals surface area (Å²) in [5.41, 5.74) is 7.06. The molecule has 1 heterocycles. The molecule has 148 valence electrons. The van der Waals surface area contributed by atoms with Gasteiger partial charge in [-0.05, 0) is 49.2 Å². The van der Waals surface area contributed by atoms with Crippen LogP contribution in [0.15, 0.2) is 48.5 Å². The van der Waals surface area contributed by atoms with Crippen LogP contribution in [-0.2, 0) is 4.79 Å². The van der Waals surface area contributed by atoms with Gasteiger partial charge in [0.25, 0.3) is 5.91 Å². The molecule has 1 unspecified atom stereocenters. The van der Waals surface area contributed by atoms with Crippen molar-refractivity contribution in [2.45, 2.75) is 19.5 Å². The zero-order valence-corrected chi connectivity index (χ0v) is 15.1. The number of halogens is 2. The third-order valence-electron chi connectivity index (χ3n) is 4.63. The van der Waals surface area contributed by atoms with Gasteiger partial charge in [-0.15, -0.1) is 0 Å². The molecule has 1 aliphatic heterocycles. The molecular formula is C20H21F2N3O3.